The maximum Gasteiger partial charge on any atom is 0.267 e. The molecule has 0 bridgehead atoms. The summed E-state index contributed by atoms with van der Waals surface area (Å²) in [5, 5.41) is 6.46. The Morgan fingerprint density at radius 2 is 1.87 bits per heavy atom. The van der Waals surface area contributed by atoms with Gasteiger partial charge in [-0.3, -0.25) is 4.79 Å². The third-order valence-corrected chi connectivity index (χ3v) is 3.29. The molecular formula is C18H19FN2O2. The van der Waals surface area contributed by atoms with Gasteiger partial charge in [0.1, 0.15) is 5.82 Å². The van der Waals surface area contributed by atoms with Crippen molar-refractivity contribution in [1.29, 1.82) is 0 Å². The average molecular weight is 314 g/mol. The van der Waals surface area contributed by atoms with Crippen LogP contribution < -0.4 is 5.32 Å². The van der Waals surface area contributed by atoms with E-state index in [1.165, 1.54) is 29.8 Å². The van der Waals surface area contributed by atoms with Crippen molar-refractivity contribution in [2.24, 2.45) is 5.16 Å². The van der Waals surface area contributed by atoms with Gasteiger partial charge in [0.05, 0.1) is 6.21 Å². The average Bonchev–Trinajstić information content (AvgIpc) is 2.57. The Morgan fingerprint density at radius 1 is 1.22 bits per heavy atom. The van der Waals surface area contributed by atoms with Gasteiger partial charge in [-0.25, -0.2) is 4.39 Å². The maximum absolute atomic E-state index is 12.8. The number of hydrogen-bond acceptors (Lipinski definition) is 3. The number of amides is 1. The number of halogens is 1. The van der Waals surface area contributed by atoms with E-state index in [0.29, 0.717) is 5.69 Å². The Balaban J connectivity index is 1.85. The van der Waals surface area contributed by atoms with Crippen molar-refractivity contribution in [2.45, 2.75) is 26.4 Å². The molecule has 1 N–H and O–H groups in total. The summed E-state index contributed by atoms with van der Waals surface area (Å²) in [7, 11) is 0. The van der Waals surface area contributed by atoms with Gasteiger partial charge in [-0.05, 0) is 48.7 Å². The number of carbonyl (C=O) groups is 1. The summed E-state index contributed by atoms with van der Waals surface area (Å²) in [5.74, 6) is -0.707. The molecule has 4 nitrogen and oxygen atoms in total. The lowest BCUT2D eigenvalue weighted by molar-refractivity contribution is -0.126. The Morgan fingerprint density at radius 3 is 2.48 bits per heavy atom. The van der Waals surface area contributed by atoms with E-state index in [2.05, 4.69) is 17.4 Å². The summed E-state index contributed by atoms with van der Waals surface area (Å²) >= 11 is 0. The summed E-state index contributed by atoms with van der Waals surface area (Å²) in [6.07, 6.45) is 1.78. The molecule has 1 amide bonds. The minimum absolute atomic E-state index is 0.352. The Bertz CT molecular complexity index is 666. The van der Waals surface area contributed by atoms with Crippen molar-refractivity contribution in [2.75, 3.05) is 5.32 Å². The van der Waals surface area contributed by atoms with Gasteiger partial charge in [-0.15, -0.1) is 0 Å². The summed E-state index contributed by atoms with van der Waals surface area (Å²) in [4.78, 5) is 17.1. The SMILES string of the molecule is CCc1ccc(/C=N\O[C@H](C)C(=O)Nc2ccc(F)cc2)cc1. The number of rotatable bonds is 6. The van der Waals surface area contributed by atoms with Gasteiger partial charge in [-0.1, -0.05) is 36.3 Å². The van der Waals surface area contributed by atoms with Crippen molar-refractivity contribution in [3.05, 3.63) is 65.5 Å². The molecule has 1 atom stereocenters. The van der Waals surface area contributed by atoms with Gasteiger partial charge in [0.2, 0.25) is 6.10 Å². The largest absolute Gasteiger partial charge is 0.383 e. The van der Waals surface area contributed by atoms with Crippen molar-refractivity contribution in [3.8, 4) is 0 Å². The van der Waals surface area contributed by atoms with Crippen LogP contribution in [0.15, 0.2) is 53.7 Å². The van der Waals surface area contributed by atoms with Crippen LogP contribution in [0.4, 0.5) is 10.1 Å². The fourth-order valence-electron chi connectivity index (χ4n) is 1.85. The predicted molar refractivity (Wildman–Crippen MR) is 89.0 cm³/mol. The van der Waals surface area contributed by atoms with Crippen LogP contribution in [-0.4, -0.2) is 18.2 Å². The highest BCUT2D eigenvalue weighted by molar-refractivity contribution is 5.93. The zero-order valence-electron chi connectivity index (χ0n) is 13.1. The van der Waals surface area contributed by atoms with Gasteiger partial charge < -0.3 is 10.2 Å². The summed E-state index contributed by atoms with van der Waals surface area (Å²) in [6.45, 7) is 3.68. The number of benzene rings is 2. The molecule has 0 spiro atoms. The van der Waals surface area contributed by atoms with Gasteiger partial charge >= 0.3 is 0 Å². The van der Waals surface area contributed by atoms with Crippen LogP contribution in [0.5, 0.6) is 0 Å². The normalized spacial score (nSPS) is 12.1. The first-order chi connectivity index (χ1) is 11.1. The van der Waals surface area contributed by atoms with E-state index in [1.807, 2.05) is 24.3 Å². The second-order valence-electron chi connectivity index (χ2n) is 5.07. The van der Waals surface area contributed by atoms with Crippen LogP contribution in [0, 0.1) is 5.82 Å². The first-order valence-corrected chi connectivity index (χ1v) is 7.43. The summed E-state index contributed by atoms with van der Waals surface area (Å²) in [6, 6.07) is 13.4. The van der Waals surface area contributed by atoms with Crippen molar-refractivity contribution in [1.82, 2.24) is 0 Å². The number of carbonyl (C=O) groups excluding carboxylic acids is 1. The highest BCUT2D eigenvalue weighted by Gasteiger charge is 2.14. The number of anilines is 1. The molecule has 0 unspecified atom stereocenters. The predicted octanol–water partition coefficient (Wildman–Crippen LogP) is 3.77. The number of aryl methyl sites for hydroxylation is 1. The molecule has 0 aromatic heterocycles. The second-order valence-corrected chi connectivity index (χ2v) is 5.07. The Kier molecular flexibility index (Phi) is 5.86. The van der Waals surface area contributed by atoms with Crippen molar-refractivity contribution in [3.63, 3.8) is 0 Å². The van der Waals surface area contributed by atoms with Crippen molar-refractivity contribution < 1.29 is 14.0 Å². The van der Waals surface area contributed by atoms with Crippen LogP contribution >= 0.6 is 0 Å². The van der Waals surface area contributed by atoms with E-state index in [1.54, 1.807) is 13.1 Å². The zero-order valence-corrected chi connectivity index (χ0v) is 13.1. The van der Waals surface area contributed by atoms with E-state index in [9.17, 15) is 9.18 Å². The molecule has 5 heteroatoms. The number of nitrogens with one attached hydrogen (secondary N) is 1. The fourth-order valence-corrected chi connectivity index (χ4v) is 1.85. The molecular weight excluding hydrogens is 295 g/mol. The van der Waals surface area contributed by atoms with Crippen LogP contribution in [0.25, 0.3) is 0 Å². The maximum atomic E-state index is 12.8. The van der Waals surface area contributed by atoms with E-state index < -0.39 is 6.10 Å². The standard InChI is InChI=1S/C18H19FN2O2/c1-3-14-4-6-15(7-5-14)12-20-23-13(2)18(22)21-17-10-8-16(19)9-11-17/h4-13H,3H2,1-2H3,(H,21,22)/b20-12-/t13-/m1/s1. The minimum atomic E-state index is -0.758. The number of nitrogens with zero attached hydrogens (tertiary/aromatic N) is 1. The number of oxime groups is 1. The lowest BCUT2D eigenvalue weighted by Gasteiger charge is -2.10. The molecule has 0 saturated heterocycles. The van der Waals surface area contributed by atoms with Crippen LogP contribution in [0.1, 0.15) is 25.0 Å². The first kappa shape index (κ1) is 16.7. The monoisotopic (exact) mass is 314 g/mol. The quantitative estimate of drug-likeness (QED) is 0.652. The highest BCUT2D eigenvalue weighted by Crippen LogP contribution is 2.09. The smallest absolute Gasteiger partial charge is 0.267 e. The molecule has 0 saturated carbocycles. The molecule has 0 radical (unpaired) electrons. The van der Waals surface area contributed by atoms with E-state index in [4.69, 9.17) is 4.84 Å². The van der Waals surface area contributed by atoms with Crippen LogP contribution in [0.3, 0.4) is 0 Å². The molecule has 23 heavy (non-hydrogen) atoms. The Hall–Kier alpha value is -2.69. The molecule has 0 fully saturated rings. The van der Waals surface area contributed by atoms with Gasteiger partial charge in [-0.2, -0.15) is 0 Å². The molecule has 2 aromatic carbocycles. The van der Waals surface area contributed by atoms with Crippen molar-refractivity contribution >= 4 is 17.8 Å². The van der Waals surface area contributed by atoms with E-state index in [-0.39, 0.29) is 11.7 Å². The number of hydrogen-bond donors (Lipinski definition) is 1. The van der Waals surface area contributed by atoms with E-state index in [0.717, 1.165) is 12.0 Å². The van der Waals surface area contributed by atoms with Gasteiger partial charge in [0.25, 0.3) is 5.91 Å². The van der Waals surface area contributed by atoms with Crippen LogP contribution in [0.2, 0.25) is 0 Å². The summed E-state index contributed by atoms with van der Waals surface area (Å²) in [5.41, 5.74) is 2.65. The highest BCUT2D eigenvalue weighted by atomic mass is 19.1. The van der Waals surface area contributed by atoms with E-state index >= 15 is 0 Å². The molecule has 120 valence electrons. The molecule has 2 rings (SSSR count). The summed E-state index contributed by atoms with van der Waals surface area (Å²) < 4.78 is 12.8. The molecule has 2 aromatic rings. The van der Waals surface area contributed by atoms with Gasteiger partial charge in [0, 0.05) is 5.69 Å². The lowest BCUT2D eigenvalue weighted by Crippen LogP contribution is -2.26. The lowest BCUT2D eigenvalue weighted by atomic mass is 10.1. The molecule has 0 aliphatic carbocycles. The van der Waals surface area contributed by atoms with Gasteiger partial charge in [0.15, 0.2) is 0 Å². The molecule has 0 heterocycles. The third-order valence-electron chi connectivity index (χ3n) is 3.29. The minimum Gasteiger partial charge on any atom is -0.383 e. The third kappa shape index (κ3) is 5.21. The Labute approximate surface area is 135 Å². The topological polar surface area (TPSA) is 50.7 Å². The fraction of sp³-hybridized carbons (Fsp3) is 0.222. The zero-order chi connectivity index (χ0) is 16.7. The molecule has 0 aliphatic heterocycles. The first-order valence-electron chi connectivity index (χ1n) is 7.43. The van der Waals surface area contributed by atoms with Crippen LogP contribution in [-0.2, 0) is 16.1 Å². The molecule has 0 aliphatic rings. The second kappa shape index (κ2) is 8.08.